The predicted octanol–water partition coefficient (Wildman–Crippen LogP) is 15.1. The predicted molar refractivity (Wildman–Crippen MR) is 263 cm³/mol. The molecule has 0 bridgehead atoms. The molecular weight excluding hydrogens is 787 g/mol. The Morgan fingerprint density at radius 2 is 0.794 bits per heavy atom. The third-order valence-corrected chi connectivity index (χ3v) is 13.6. The summed E-state index contributed by atoms with van der Waals surface area (Å²) in [6, 6.07) is 75.6. The Labute approximate surface area is 366 Å². The Balaban J connectivity index is 1.20. The zero-order chi connectivity index (χ0) is 41.4. The van der Waals surface area contributed by atoms with Crippen LogP contribution in [0.3, 0.4) is 0 Å². The molecule has 0 radical (unpaired) electrons. The van der Waals surface area contributed by atoms with Gasteiger partial charge in [0.2, 0.25) is 5.95 Å². The van der Waals surface area contributed by atoms with Crippen molar-refractivity contribution in [3.05, 3.63) is 212 Å². The van der Waals surface area contributed by atoms with Crippen LogP contribution >= 0.6 is 11.3 Å². The van der Waals surface area contributed by atoms with Crippen molar-refractivity contribution in [2.24, 2.45) is 0 Å². The maximum atomic E-state index is 5.52. The molecule has 9 aromatic carbocycles. The van der Waals surface area contributed by atoms with Gasteiger partial charge in [0.25, 0.3) is 0 Å². The molecule has 13 aromatic rings. The topological polar surface area (TPSA) is 48.5 Å². The van der Waals surface area contributed by atoms with Crippen LogP contribution in [-0.4, -0.2) is 24.1 Å². The molecule has 13 rings (SSSR count). The van der Waals surface area contributed by atoms with Crippen molar-refractivity contribution in [3.8, 4) is 56.7 Å². The van der Waals surface area contributed by atoms with E-state index in [2.05, 4.69) is 203 Å². The largest absolute Gasteiger partial charge is 0.306 e. The van der Waals surface area contributed by atoms with Gasteiger partial charge in [-0.15, -0.1) is 11.3 Å². The van der Waals surface area contributed by atoms with Crippen molar-refractivity contribution in [3.63, 3.8) is 0 Å². The van der Waals surface area contributed by atoms with Crippen molar-refractivity contribution < 1.29 is 0 Å². The first-order valence-electron chi connectivity index (χ1n) is 21.2. The Hall–Kier alpha value is -8.19. The number of thiophene rings is 1. The summed E-state index contributed by atoms with van der Waals surface area (Å²) in [4.78, 5) is 16.2. The van der Waals surface area contributed by atoms with Crippen LogP contribution in [0, 0.1) is 0 Å². The zero-order valence-electron chi connectivity index (χ0n) is 33.9. The zero-order valence-corrected chi connectivity index (χ0v) is 34.7. The Kier molecular flexibility index (Phi) is 8.01. The molecule has 6 heteroatoms. The standard InChI is InChI=1S/C57H35N5S/c1-4-18-36(19-5-1)39-27-16-28-40(37-20-6-2-7-21-37)51(39)61-48-31-13-10-24-41(48)44-34-35-45-42-25-11-14-32-49(42)62(53(45)52(44)61)57-59-55(38-22-8-3-9-23-38)58-56(60-57)47-30-17-29-46-43-26-12-15-33-50(43)63-54(46)47/h1-35H. The van der Waals surface area contributed by atoms with Crippen molar-refractivity contribution in [2.75, 3.05) is 0 Å². The van der Waals surface area contributed by atoms with Crippen LogP contribution in [0.2, 0.25) is 0 Å². The van der Waals surface area contributed by atoms with Crippen molar-refractivity contribution >= 4 is 75.1 Å². The van der Waals surface area contributed by atoms with Gasteiger partial charge in [0.1, 0.15) is 0 Å². The molecule has 5 nitrogen and oxygen atoms in total. The average molecular weight is 822 g/mol. The molecule has 0 aliphatic carbocycles. The molecular formula is C57H35N5S. The highest BCUT2D eigenvalue weighted by molar-refractivity contribution is 7.26. The Bertz CT molecular complexity index is 3850. The van der Waals surface area contributed by atoms with E-state index < -0.39 is 0 Å². The summed E-state index contributed by atoms with van der Waals surface area (Å²) in [5.41, 5.74) is 11.9. The first-order valence-corrected chi connectivity index (χ1v) is 22.0. The summed E-state index contributed by atoms with van der Waals surface area (Å²) < 4.78 is 7.19. The fraction of sp³-hybridized carbons (Fsp3) is 0. The fourth-order valence-corrected chi connectivity index (χ4v) is 10.9. The molecule has 0 amide bonds. The van der Waals surface area contributed by atoms with Crippen LogP contribution in [0.25, 0.3) is 120 Å². The van der Waals surface area contributed by atoms with E-state index in [1.54, 1.807) is 11.3 Å². The van der Waals surface area contributed by atoms with E-state index in [0.717, 1.165) is 82.0 Å². The molecule has 0 aliphatic heterocycles. The van der Waals surface area contributed by atoms with Gasteiger partial charge in [-0.2, -0.15) is 9.97 Å². The van der Waals surface area contributed by atoms with Gasteiger partial charge in [0, 0.05) is 64.0 Å². The monoisotopic (exact) mass is 821 g/mol. The fourth-order valence-electron chi connectivity index (χ4n) is 9.65. The number of hydrogen-bond acceptors (Lipinski definition) is 4. The molecule has 63 heavy (non-hydrogen) atoms. The lowest BCUT2D eigenvalue weighted by Crippen LogP contribution is -2.07. The van der Waals surface area contributed by atoms with Gasteiger partial charge in [-0.1, -0.05) is 188 Å². The van der Waals surface area contributed by atoms with Crippen LogP contribution in [-0.2, 0) is 0 Å². The van der Waals surface area contributed by atoms with Crippen LogP contribution in [0.15, 0.2) is 212 Å². The minimum atomic E-state index is 0.562. The molecule has 4 aromatic heterocycles. The minimum Gasteiger partial charge on any atom is -0.306 e. The lowest BCUT2D eigenvalue weighted by molar-refractivity contribution is 0.954. The highest BCUT2D eigenvalue weighted by atomic mass is 32.1. The summed E-state index contributed by atoms with van der Waals surface area (Å²) in [5, 5.41) is 7.00. The highest BCUT2D eigenvalue weighted by Gasteiger charge is 2.26. The van der Waals surface area contributed by atoms with E-state index in [9.17, 15) is 0 Å². The molecule has 0 atom stereocenters. The number of benzene rings is 9. The molecule has 0 fully saturated rings. The second-order valence-corrected chi connectivity index (χ2v) is 17.0. The van der Waals surface area contributed by atoms with Crippen molar-refractivity contribution in [2.45, 2.75) is 0 Å². The summed E-state index contributed by atoms with van der Waals surface area (Å²) in [6.45, 7) is 0. The number of fused-ring (bicyclic) bond motifs is 10. The summed E-state index contributed by atoms with van der Waals surface area (Å²) >= 11 is 1.79. The number of para-hydroxylation sites is 3. The van der Waals surface area contributed by atoms with Gasteiger partial charge in [-0.25, -0.2) is 4.98 Å². The summed E-state index contributed by atoms with van der Waals surface area (Å²) in [5.74, 6) is 1.82. The van der Waals surface area contributed by atoms with Crippen LogP contribution in [0.5, 0.6) is 0 Å². The SMILES string of the molecule is c1ccc(-c2nc(-c3cccc4c3sc3ccccc34)nc(-n3c4ccccc4c4ccc5c6ccccc6n(-c6c(-c7ccccc7)cccc6-c6ccccc6)c5c43)n2)cc1. The van der Waals surface area contributed by atoms with Gasteiger partial charge in [-0.3, -0.25) is 4.57 Å². The first-order chi connectivity index (χ1) is 31.3. The van der Waals surface area contributed by atoms with E-state index in [4.69, 9.17) is 15.0 Å². The molecule has 4 heterocycles. The minimum absolute atomic E-state index is 0.562. The van der Waals surface area contributed by atoms with Crippen molar-refractivity contribution in [1.82, 2.24) is 24.1 Å². The Morgan fingerprint density at radius 3 is 1.44 bits per heavy atom. The Morgan fingerprint density at radius 1 is 0.317 bits per heavy atom. The number of nitrogens with zero attached hydrogens (tertiary/aromatic N) is 5. The number of aromatic nitrogens is 5. The van der Waals surface area contributed by atoms with Crippen LogP contribution in [0.4, 0.5) is 0 Å². The summed E-state index contributed by atoms with van der Waals surface area (Å²) in [7, 11) is 0. The number of hydrogen-bond donors (Lipinski definition) is 0. The van der Waals surface area contributed by atoms with E-state index in [1.165, 1.54) is 20.9 Å². The second kappa shape index (κ2) is 14.2. The van der Waals surface area contributed by atoms with E-state index in [0.29, 0.717) is 17.6 Å². The molecule has 0 saturated carbocycles. The lowest BCUT2D eigenvalue weighted by atomic mass is 9.95. The molecule has 0 unspecified atom stereocenters. The van der Waals surface area contributed by atoms with Crippen LogP contribution in [0.1, 0.15) is 0 Å². The van der Waals surface area contributed by atoms with Gasteiger partial charge in [0.05, 0.1) is 27.8 Å². The van der Waals surface area contributed by atoms with E-state index in [1.807, 2.05) is 18.2 Å². The van der Waals surface area contributed by atoms with Gasteiger partial charge in [-0.05, 0) is 35.4 Å². The normalized spacial score (nSPS) is 11.8. The van der Waals surface area contributed by atoms with E-state index >= 15 is 0 Å². The third-order valence-electron chi connectivity index (χ3n) is 12.4. The van der Waals surface area contributed by atoms with Gasteiger partial charge >= 0.3 is 0 Å². The summed E-state index contributed by atoms with van der Waals surface area (Å²) in [6.07, 6.45) is 0. The quantitative estimate of drug-likeness (QED) is 0.168. The maximum Gasteiger partial charge on any atom is 0.238 e. The maximum absolute atomic E-state index is 5.52. The second-order valence-electron chi connectivity index (χ2n) is 15.9. The third kappa shape index (κ3) is 5.52. The van der Waals surface area contributed by atoms with Gasteiger partial charge in [0.15, 0.2) is 11.6 Å². The average Bonchev–Trinajstić information content (AvgIpc) is 4.02. The van der Waals surface area contributed by atoms with Crippen molar-refractivity contribution in [1.29, 1.82) is 0 Å². The lowest BCUT2D eigenvalue weighted by Gasteiger charge is -2.20. The molecule has 0 spiro atoms. The first kappa shape index (κ1) is 35.6. The molecule has 294 valence electrons. The van der Waals surface area contributed by atoms with Gasteiger partial charge < -0.3 is 4.57 Å². The molecule has 0 saturated heterocycles. The molecule has 0 aliphatic rings. The number of rotatable bonds is 6. The highest BCUT2D eigenvalue weighted by Crippen LogP contribution is 2.46. The smallest absolute Gasteiger partial charge is 0.238 e. The molecule has 0 N–H and O–H groups in total. The van der Waals surface area contributed by atoms with E-state index in [-0.39, 0.29) is 0 Å². The van der Waals surface area contributed by atoms with Crippen LogP contribution < -0.4 is 0 Å².